The Bertz CT molecular complexity index is 1260. The summed E-state index contributed by atoms with van der Waals surface area (Å²) < 4.78 is 19.8. The molecule has 0 amide bonds. The van der Waals surface area contributed by atoms with E-state index >= 15 is 0 Å². The highest BCUT2D eigenvalue weighted by atomic mass is 35.5. The molecule has 160 valence electrons. The Morgan fingerprint density at radius 3 is 2.65 bits per heavy atom. The fourth-order valence-corrected chi connectivity index (χ4v) is 6.12. The van der Waals surface area contributed by atoms with E-state index in [1.807, 2.05) is 26.0 Å². The Morgan fingerprint density at radius 2 is 1.97 bits per heavy atom. The van der Waals surface area contributed by atoms with Gasteiger partial charge in [0.25, 0.3) is 0 Å². The number of nitrogens with zero attached hydrogens (tertiary/aromatic N) is 3. The van der Waals surface area contributed by atoms with Crippen molar-refractivity contribution in [1.29, 1.82) is 0 Å². The normalized spacial score (nSPS) is 18.8. The minimum Gasteiger partial charge on any atom is -0.361 e. The van der Waals surface area contributed by atoms with Crippen molar-refractivity contribution in [3.63, 3.8) is 0 Å². The Morgan fingerprint density at radius 1 is 1.16 bits per heavy atom. The average molecular weight is 454 g/mol. The highest BCUT2D eigenvalue weighted by Crippen LogP contribution is 2.33. The van der Waals surface area contributed by atoms with Crippen LogP contribution < -0.4 is 0 Å². The summed E-state index contributed by atoms with van der Waals surface area (Å²) >= 11 is 6.03. The molecule has 0 saturated carbocycles. The molecule has 4 aromatic rings. The number of hydrogen-bond acceptors (Lipinski definition) is 4. The molecule has 7 heteroatoms. The summed E-state index contributed by atoms with van der Waals surface area (Å²) in [4.78, 5) is 5.03. The maximum absolute atomic E-state index is 12.1. The van der Waals surface area contributed by atoms with E-state index in [2.05, 4.69) is 40.1 Å². The van der Waals surface area contributed by atoms with Gasteiger partial charge in [-0.3, -0.25) is 4.21 Å². The molecule has 1 aliphatic heterocycles. The largest absolute Gasteiger partial charge is 0.361 e. The highest BCUT2D eigenvalue weighted by Gasteiger charge is 2.27. The van der Waals surface area contributed by atoms with Gasteiger partial charge in [-0.05, 0) is 62.1 Å². The number of hydrogen-bond donors (Lipinski definition) is 0. The Hall–Kier alpha value is -2.44. The lowest BCUT2D eigenvalue weighted by Crippen LogP contribution is -2.13. The van der Waals surface area contributed by atoms with Crippen molar-refractivity contribution < 1.29 is 8.73 Å². The standard InChI is InChI=1S/C24H24ClN3O2S/c1-15-24(16(2)30-27-15)18-6-9-22-21(13-18)26-23(28(22)20-11-12-31(29)14-20)10-5-17-3-7-19(25)8-4-17/h3-4,6-9,13,20H,5,10-12,14H2,1-2H3. The van der Waals surface area contributed by atoms with Gasteiger partial charge in [0, 0.05) is 45.4 Å². The lowest BCUT2D eigenvalue weighted by Gasteiger charge is -2.16. The van der Waals surface area contributed by atoms with Crippen LogP contribution in [-0.4, -0.2) is 30.4 Å². The predicted molar refractivity (Wildman–Crippen MR) is 125 cm³/mol. The van der Waals surface area contributed by atoms with Crippen LogP contribution in [0, 0.1) is 13.8 Å². The molecule has 0 bridgehead atoms. The second kappa shape index (κ2) is 8.24. The van der Waals surface area contributed by atoms with Crippen LogP contribution in [0.4, 0.5) is 0 Å². The molecule has 1 aliphatic rings. The third kappa shape index (κ3) is 3.94. The molecule has 2 unspecified atom stereocenters. The minimum atomic E-state index is -0.750. The van der Waals surface area contributed by atoms with Gasteiger partial charge in [-0.1, -0.05) is 35.0 Å². The summed E-state index contributed by atoms with van der Waals surface area (Å²) in [5, 5.41) is 4.84. The van der Waals surface area contributed by atoms with Gasteiger partial charge in [0.2, 0.25) is 0 Å². The first-order valence-corrected chi connectivity index (χ1v) is 12.4. The highest BCUT2D eigenvalue weighted by molar-refractivity contribution is 7.85. The van der Waals surface area contributed by atoms with E-state index < -0.39 is 10.8 Å². The summed E-state index contributed by atoms with van der Waals surface area (Å²) in [6, 6.07) is 14.6. The Labute approximate surface area is 188 Å². The van der Waals surface area contributed by atoms with Crippen molar-refractivity contribution in [2.45, 2.75) is 39.2 Å². The molecule has 2 aromatic heterocycles. The lowest BCUT2D eigenvalue weighted by molar-refractivity contribution is 0.393. The van der Waals surface area contributed by atoms with Gasteiger partial charge in [0.1, 0.15) is 11.6 Å². The van der Waals surface area contributed by atoms with Gasteiger partial charge in [-0.2, -0.15) is 0 Å². The molecule has 0 N–H and O–H groups in total. The quantitative estimate of drug-likeness (QED) is 0.403. The number of fused-ring (bicyclic) bond motifs is 1. The van der Waals surface area contributed by atoms with Crippen LogP contribution in [0.15, 0.2) is 47.0 Å². The zero-order chi connectivity index (χ0) is 21.5. The zero-order valence-electron chi connectivity index (χ0n) is 17.6. The van der Waals surface area contributed by atoms with Crippen molar-refractivity contribution in [2.24, 2.45) is 0 Å². The molecule has 5 rings (SSSR count). The van der Waals surface area contributed by atoms with E-state index in [9.17, 15) is 4.21 Å². The van der Waals surface area contributed by atoms with Crippen LogP contribution in [0.1, 0.15) is 35.3 Å². The number of imidazole rings is 1. The van der Waals surface area contributed by atoms with Crippen molar-refractivity contribution >= 4 is 33.4 Å². The Balaban J connectivity index is 1.55. The molecule has 2 atom stereocenters. The van der Waals surface area contributed by atoms with Gasteiger partial charge in [-0.15, -0.1) is 0 Å². The van der Waals surface area contributed by atoms with E-state index in [0.29, 0.717) is 5.75 Å². The van der Waals surface area contributed by atoms with E-state index in [-0.39, 0.29) is 6.04 Å². The number of halogens is 1. The smallest absolute Gasteiger partial charge is 0.141 e. The van der Waals surface area contributed by atoms with Crippen LogP contribution in [0.2, 0.25) is 5.02 Å². The van der Waals surface area contributed by atoms with Crippen LogP contribution in [0.3, 0.4) is 0 Å². The van der Waals surface area contributed by atoms with Gasteiger partial charge >= 0.3 is 0 Å². The average Bonchev–Trinajstić information content (AvgIpc) is 3.43. The fraction of sp³-hybridized carbons (Fsp3) is 0.333. The van der Waals surface area contributed by atoms with Crippen molar-refractivity contribution in [2.75, 3.05) is 11.5 Å². The molecule has 31 heavy (non-hydrogen) atoms. The summed E-state index contributed by atoms with van der Waals surface area (Å²) in [5.41, 5.74) is 6.26. The maximum atomic E-state index is 12.1. The summed E-state index contributed by atoms with van der Waals surface area (Å²) in [7, 11) is -0.750. The summed E-state index contributed by atoms with van der Waals surface area (Å²) in [6.45, 7) is 3.89. The van der Waals surface area contributed by atoms with Gasteiger partial charge in [-0.25, -0.2) is 4.98 Å². The first kappa shape index (κ1) is 20.5. The van der Waals surface area contributed by atoms with Gasteiger partial charge < -0.3 is 9.09 Å². The SMILES string of the molecule is Cc1noc(C)c1-c1ccc2c(c1)nc(CCc1ccc(Cl)cc1)n2C1CCS(=O)C1. The van der Waals surface area contributed by atoms with Crippen LogP contribution >= 0.6 is 11.6 Å². The van der Waals surface area contributed by atoms with Crippen molar-refractivity contribution in [3.05, 3.63) is 70.3 Å². The number of aromatic nitrogens is 3. The Kier molecular flexibility index (Phi) is 5.44. The van der Waals surface area contributed by atoms with Crippen LogP contribution in [-0.2, 0) is 23.6 Å². The molecule has 0 spiro atoms. The van der Waals surface area contributed by atoms with E-state index in [1.165, 1.54) is 5.56 Å². The minimum absolute atomic E-state index is 0.232. The number of benzene rings is 2. The van der Waals surface area contributed by atoms with Gasteiger partial charge in [0.05, 0.1) is 16.7 Å². The summed E-state index contributed by atoms with van der Waals surface area (Å²) in [5.74, 6) is 3.32. The van der Waals surface area contributed by atoms with Crippen LogP contribution in [0.25, 0.3) is 22.2 Å². The fourth-order valence-electron chi connectivity index (χ4n) is 4.54. The third-order valence-electron chi connectivity index (χ3n) is 6.06. The maximum Gasteiger partial charge on any atom is 0.141 e. The monoisotopic (exact) mass is 453 g/mol. The molecule has 5 nitrogen and oxygen atoms in total. The molecular formula is C24H24ClN3O2S. The molecule has 0 aliphatic carbocycles. The van der Waals surface area contributed by atoms with E-state index in [0.717, 1.165) is 69.5 Å². The van der Waals surface area contributed by atoms with Crippen molar-refractivity contribution in [3.8, 4) is 11.1 Å². The molecule has 3 heterocycles. The van der Waals surface area contributed by atoms with E-state index in [1.54, 1.807) is 0 Å². The number of rotatable bonds is 5. The molecule has 1 fully saturated rings. The lowest BCUT2D eigenvalue weighted by atomic mass is 10.0. The van der Waals surface area contributed by atoms with Crippen molar-refractivity contribution in [1.82, 2.24) is 14.7 Å². The second-order valence-electron chi connectivity index (χ2n) is 8.18. The first-order chi connectivity index (χ1) is 15.0. The molecular weight excluding hydrogens is 430 g/mol. The molecule has 2 aromatic carbocycles. The first-order valence-electron chi connectivity index (χ1n) is 10.5. The predicted octanol–water partition coefficient (Wildman–Crippen LogP) is 5.44. The van der Waals surface area contributed by atoms with Crippen LogP contribution in [0.5, 0.6) is 0 Å². The van der Waals surface area contributed by atoms with Gasteiger partial charge in [0.15, 0.2) is 0 Å². The molecule has 0 radical (unpaired) electrons. The zero-order valence-corrected chi connectivity index (χ0v) is 19.2. The van der Waals surface area contributed by atoms with E-state index in [4.69, 9.17) is 21.1 Å². The second-order valence-corrected chi connectivity index (χ2v) is 10.2. The topological polar surface area (TPSA) is 60.9 Å². The summed E-state index contributed by atoms with van der Waals surface area (Å²) in [6.07, 6.45) is 2.63. The molecule has 1 saturated heterocycles. The third-order valence-corrected chi connectivity index (χ3v) is 7.76. The number of aryl methyl sites for hydroxylation is 4.